The van der Waals surface area contributed by atoms with Crippen molar-refractivity contribution in [1.82, 2.24) is 34.2 Å². The minimum atomic E-state index is -4.54. The number of rotatable bonds is 5. The molecule has 1 amide bonds. The summed E-state index contributed by atoms with van der Waals surface area (Å²) < 4.78 is 81.8. The third-order valence-electron chi connectivity index (χ3n) is 7.71. The number of pyridine rings is 1. The van der Waals surface area contributed by atoms with Crippen molar-refractivity contribution >= 4 is 40.6 Å². The first-order valence-corrected chi connectivity index (χ1v) is 15.6. The third kappa shape index (κ3) is 7.50. The molecular weight excluding hydrogens is 730 g/mol. The topological polar surface area (TPSA) is 140 Å². The molecule has 0 aliphatic rings. The van der Waals surface area contributed by atoms with E-state index in [0.29, 0.717) is 16.4 Å². The average molecular weight is 753 g/mol. The van der Waals surface area contributed by atoms with Gasteiger partial charge in [0.05, 0.1) is 38.9 Å². The molecule has 0 unspecified atom stereocenters. The monoisotopic (exact) mass is 752 g/mol. The van der Waals surface area contributed by atoms with E-state index in [1.54, 1.807) is 13.0 Å². The number of halogens is 7. The van der Waals surface area contributed by atoms with Crippen LogP contribution in [0.1, 0.15) is 43.5 Å². The molecule has 5 heterocycles. The van der Waals surface area contributed by atoms with Gasteiger partial charge in [0.15, 0.2) is 22.7 Å². The number of carbonyl (C=O) groups excluding carboxylic acids is 1. The molecule has 7 aromatic rings. The Morgan fingerprint density at radius 2 is 1.15 bits per heavy atom. The number of hydrogen-bond acceptors (Lipinski definition) is 7. The number of anilines is 1. The highest BCUT2D eigenvalue weighted by Crippen LogP contribution is 2.37. The third-order valence-corrected chi connectivity index (χ3v) is 7.93. The van der Waals surface area contributed by atoms with Crippen molar-refractivity contribution in [2.75, 3.05) is 5.32 Å². The largest absolute Gasteiger partial charge is 0.476 e. The lowest BCUT2D eigenvalue weighted by Gasteiger charge is -2.12. The van der Waals surface area contributed by atoms with Crippen LogP contribution in [0.15, 0.2) is 91.1 Å². The van der Waals surface area contributed by atoms with Gasteiger partial charge in [-0.1, -0.05) is 48.0 Å². The Labute approximate surface area is 299 Å². The molecule has 11 nitrogen and oxygen atoms in total. The fraction of sp³-hybridized carbons (Fsp3) is 0.114. The number of alkyl halides is 6. The van der Waals surface area contributed by atoms with Gasteiger partial charge < -0.3 is 10.4 Å². The Bertz CT molecular complexity index is 2510. The van der Waals surface area contributed by atoms with E-state index in [1.807, 2.05) is 0 Å². The number of nitrogens with zero attached hydrogens (tertiary/aromatic N) is 7. The lowest BCUT2D eigenvalue weighted by atomic mass is 10.0. The number of imidazole rings is 2. The number of benzene rings is 2. The Hall–Kier alpha value is -6.36. The van der Waals surface area contributed by atoms with Crippen LogP contribution in [0, 0.1) is 13.8 Å². The smallest absolute Gasteiger partial charge is 0.417 e. The minimum absolute atomic E-state index is 0.0188. The molecule has 0 radical (unpaired) electrons. The maximum Gasteiger partial charge on any atom is 0.417 e. The molecule has 0 aliphatic carbocycles. The molecule has 0 saturated heterocycles. The Balaban J connectivity index is 0.000000188. The van der Waals surface area contributed by atoms with Crippen LogP contribution in [0.25, 0.3) is 33.8 Å². The second-order valence-electron chi connectivity index (χ2n) is 11.3. The van der Waals surface area contributed by atoms with Crippen molar-refractivity contribution in [2.45, 2.75) is 26.2 Å². The van der Waals surface area contributed by atoms with Crippen molar-refractivity contribution in [3.63, 3.8) is 0 Å². The van der Waals surface area contributed by atoms with Crippen LogP contribution in [-0.4, -0.2) is 51.2 Å². The number of carbonyl (C=O) groups is 2. The number of fused-ring (bicyclic) bond motifs is 2. The van der Waals surface area contributed by atoms with E-state index >= 15 is 0 Å². The summed E-state index contributed by atoms with van der Waals surface area (Å²) in [7, 11) is 0. The van der Waals surface area contributed by atoms with Crippen molar-refractivity contribution in [2.24, 2.45) is 0 Å². The van der Waals surface area contributed by atoms with E-state index in [4.69, 9.17) is 11.6 Å². The Kier molecular flexibility index (Phi) is 9.61. The number of aromatic carboxylic acids is 1. The van der Waals surface area contributed by atoms with Crippen molar-refractivity contribution in [3.05, 3.63) is 130 Å². The summed E-state index contributed by atoms with van der Waals surface area (Å²) in [5.41, 5.74) is -0.667. The van der Waals surface area contributed by atoms with Crippen molar-refractivity contribution in [1.29, 1.82) is 0 Å². The molecule has 0 bridgehead atoms. The summed E-state index contributed by atoms with van der Waals surface area (Å²) in [6, 6.07) is 19.0. The highest BCUT2D eigenvalue weighted by atomic mass is 35.5. The summed E-state index contributed by atoms with van der Waals surface area (Å²) >= 11 is 5.79. The van der Waals surface area contributed by atoms with E-state index in [2.05, 4.69) is 30.5 Å². The van der Waals surface area contributed by atoms with E-state index in [1.165, 1.54) is 84.4 Å². The molecule has 0 saturated carbocycles. The van der Waals surface area contributed by atoms with Gasteiger partial charge >= 0.3 is 18.3 Å². The first-order chi connectivity index (χ1) is 25.0. The molecule has 270 valence electrons. The number of amides is 1. The maximum absolute atomic E-state index is 13.4. The summed E-state index contributed by atoms with van der Waals surface area (Å²) in [6.45, 7) is 3.11. The average Bonchev–Trinajstić information content (AvgIpc) is 3.62. The van der Waals surface area contributed by atoms with E-state index < -0.39 is 35.4 Å². The summed E-state index contributed by atoms with van der Waals surface area (Å²) in [5, 5.41) is 20.5. The van der Waals surface area contributed by atoms with E-state index in [0.717, 1.165) is 16.6 Å². The zero-order chi connectivity index (χ0) is 38.2. The molecule has 2 N–H and O–H groups in total. The Morgan fingerprint density at radius 3 is 1.60 bits per heavy atom. The first-order valence-electron chi connectivity index (χ1n) is 15.2. The van der Waals surface area contributed by atoms with Gasteiger partial charge in [-0.05, 0) is 62.4 Å². The van der Waals surface area contributed by atoms with Gasteiger partial charge in [-0.15, -0.1) is 0 Å². The molecule has 18 heteroatoms. The first kappa shape index (κ1) is 36.4. The standard InChI is InChI=1S/C20H13ClF3N5O.C15H10F3N3O2/c1-11-18(19(30)27-16-8-6-12(21)10-25-16)29-17(26-11)9-7-15(28-29)13-4-2-3-5-14(13)20(22,23)24;1-8-13(14(22)23)21-12(19-8)7-6-11(20-21)9-4-2-3-5-10(9)15(16,17)18/h2-10H,1H3,(H,25,27,30);2-7H,1H3,(H,22,23). The van der Waals surface area contributed by atoms with Crippen LogP contribution in [0.2, 0.25) is 5.02 Å². The van der Waals surface area contributed by atoms with Crippen LogP contribution >= 0.6 is 11.6 Å². The summed E-state index contributed by atoms with van der Waals surface area (Å²) in [5.74, 6) is -1.54. The highest BCUT2D eigenvalue weighted by molar-refractivity contribution is 6.30. The molecule has 5 aromatic heterocycles. The molecule has 0 aliphatic heterocycles. The minimum Gasteiger partial charge on any atom is -0.476 e. The fourth-order valence-electron chi connectivity index (χ4n) is 5.41. The fourth-order valence-corrected chi connectivity index (χ4v) is 5.52. The zero-order valence-electron chi connectivity index (χ0n) is 27.2. The molecule has 2 aromatic carbocycles. The van der Waals surface area contributed by atoms with E-state index in [9.17, 15) is 41.0 Å². The number of aromatic nitrogens is 7. The predicted molar refractivity (Wildman–Crippen MR) is 180 cm³/mol. The van der Waals surface area contributed by atoms with Crippen LogP contribution in [0.4, 0.5) is 32.2 Å². The molecule has 0 atom stereocenters. The highest BCUT2D eigenvalue weighted by Gasteiger charge is 2.35. The van der Waals surface area contributed by atoms with Gasteiger partial charge in [0.1, 0.15) is 5.82 Å². The lowest BCUT2D eigenvalue weighted by Crippen LogP contribution is -2.17. The van der Waals surface area contributed by atoms with Gasteiger partial charge in [0, 0.05) is 17.3 Å². The number of hydrogen-bond donors (Lipinski definition) is 2. The summed E-state index contributed by atoms with van der Waals surface area (Å²) in [4.78, 5) is 36.4. The van der Waals surface area contributed by atoms with Gasteiger partial charge in [-0.3, -0.25) is 4.79 Å². The second kappa shape index (κ2) is 14.0. The second-order valence-corrected chi connectivity index (χ2v) is 11.7. The number of carboxylic acid groups (broad SMARTS) is 1. The molecular formula is C35H23ClF6N8O3. The number of nitrogens with one attached hydrogen (secondary N) is 1. The SMILES string of the molecule is Cc1nc2ccc(-c3ccccc3C(F)(F)F)nn2c1C(=O)Nc1ccc(Cl)cn1.Cc1nc2ccc(-c3ccccc3C(F)(F)F)nn2c1C(=O)O. The zero-order valence-corrected chi connectivity index (χ0v) is 28.0. The van der Waals surface area contributed by atoms with Crippen LogP contribution in [0.5, 0.6) is 0 Å². The molecule has 0 spiro atoms. The number of aryl methyl sites for hydroxylation is 2. The van der Waals surface area contributed by atoms with Gasteiger partial charge in [0.2, 0.25) is 0 Å². The summed E-state index contributed by atoms with van der Waals surface area (Å²) in [6.07, 6.45) is -7.70. The number of carboxylic acids is 1. The van der Waals surface area contributed by atoms with Gasteiger partial charge in [0.25, 0.3) is 5.91 Å². The van der Waals surface area contributed by atoms with Gasteiger partial charge in [-0.2, -0.15) is 36.5 Å². The van der Waals surface area contributed by atoms with Crippen LogP contribution < -0.4 is 5.32 Å². The van der Waals surface area contributed by atoms with Crippen molar-refractivity contribution in [3.8, 4) is 22.5 Å². The van der Waals surface area contributed by atoms with Crippen LogP contribution in [0.3, 0.4) is 0 Å². The maximum atomic E-state index is 13.4. The molecule has 7 rings (SSSR count). The van der Waals surface area contributed by atoms with E-state index in [-0.39, 0.29) is 51.1 Å². The molecule has 0 fully saturated rings. The lowest BCUT2D eigenvalue weighted by molar-refractivity contribution is -0.137. The quantitative estimate of drug-likeness (QED) is 0.167. The predicted octanol–water partition coefficient (Wildman–Crippen LogP) is 8.45. The van der Waals surface area contributed by atoms with Gasteiger partial charge in [-0.25, -0.2) is 28.8 Å². The Morgan fingerprint density at radius 1 is 0.679 bits per heavy atom. The normalized spacial score (nSPS) is 11.7. The van der Waals surface area contributed by atoms with Crippen LogP contribution in [-0.2, 0) is 12.4 Å². The molecule has 53 heavy (non-hydrogen) atoms. The van der Waals surface area contributed by atoms with Crippen molar-refractivity contribution < 1.29 is 41.0 Å².